The highest BCUT2D eigenvalue weighted by molar-refractivity contribution is 6.22. The first-order chi connectivity index (χ1) is 34.2. The van der Waals surface area contributed by atoms with Crippen molar-refractivity contribution in [2.24, 2.45) is 0 Å². The van der Waals surface area contributed by atoms with E-state index in [1.165, 1.54) is 104 Å². The molecule has 0 aliphatic rings. The molecule has 0 atom stereocenters. The molecule has 0 N–H and O–H groups in total. The van der Waals surface area contributed by atoms with Gasteiger partial charge >= 0.3 is 0 Å². The summed E-state index contributed by atoms with van der Waals surface area (Å²) in [5.41, 5.74) is 15.4. The summed E-state index contributed by atoms with van der Waals surface area (Å²) in [6.07, 6.45) is 0. The van der Waals surface area contributed by atoms with Crippen molar-refractivity contribution in [2.45, 2.75) is 0 Å². The molecule has 0 saturated carbocycles. The highest BCUT2D eigenvalue weighted by atomic mass is 15.1. The Morgan fingerprint density at radius 2 is 0.623 bits per heavy atom. The Bertz CT molecular complexity index is 4030. The van der Waals surface area contributed by atoms with Crippen molar-refractivity contribution in [1.29, 1.82) is 0 Å². The lowest BCUT2D eigenvalue weighted by Crippen LogP contribution is -2.10. The number of hydrogen-bond donors (Lipinski definition) is 0. The van der Waals surface area contributed by atoms with Crippen LogP contribution in [0.4, 0.5) is 17.1 Å². The molecular formula is C68H45N. The summed E-state index contributed by atoms with van der Waals surface area (Å²) in [5, 5.41) is 12.5. The molecule has 13 aromatic rings. The summed E-state index contributed by atoms with van der Waals surface area (Å²) in [6.45, 7) is 0. The maximum atomic E-state index is 2.43. The van der Waals surface area contributed by atoms with Crippen molar-refractivity contribution in [2.75, 3.05) is 4.90 Å². The molecule has 0 amide bonds. The Hall–Kier alpha value is -9.04. The van der Waals surface area contributed by atoms with Crippen LogP contribution in [0.15, 0.2) is 273 Å². The van der Waals surface area contributed by atoms with Gasteiger partial charge < -0.3 is 4.90 Å². The molecule has 0 aliphatic carbocycles. The summed E-state index contributed by atoms with van der Waals surface area (Å²) >= 11 is 0. The first-order valence-corrected chi connectivity index (χ1v) is 23.8. The van der Waals surface area contributed by atoms with Crippen LogP contribution in [-0.2, 0) is 0 Å². The fraction of sp³-hybridized carbons (Fsp3) is 0. The third-order valence-electron chi connectivity index (χ3n) is 14.0. The Balaban J connectivity index is 0.968. The third kappa shape index (κ3) is 7.03. The number of rotatable bonds is 8. The molecular weight excluding hydrogens is 831 g/mol. The van der Waals surface area contributed by atoms with Crippen molar-refractivity contribution in [3.8, 4) is 55.6 Å². The SMILES string of the molecule is c1ccc(-c2ccc(N(c3ccc(-c4ccc5c(c4)c(-c4ccccc4)c(-c4ccccc4)c4ccccc45)cc3)c3ccc(-c4cc5ccccc5c5ccccc45)cc3)c3ccccc23)cc1. The molecule has 13 aromatic carbocycles. The molecule has 13 rings (SSSR count). The zero-order valence-electron chi connectivity index (χ0n) is 37.9. The molecule has 0 fully saturated rings. The van der Waals surface area contributed by atoms with Crippen LogP contribution < -0.4 is 4.90 Å². The van der Waals surface area contributed by atoms with Crippen LogP contribution in [0.3, 0.4) is 0 Å². The molecule has 1 nitrogen and oxygen atoms in total. The zero-order chi connectivity index (χ0) is 45.7. The number of fused-ring (bicyclic) bond motifs is 7. The standard InChI is InChI=1S/C68H45N/c1-4-18-47(19-5-1)56-42-43-66(62-30-16-14-27-58(56)62)69(54-39-34-48(35-40-54)64-45-52-24-10-11-25-55(52)57-26-12-13-29-60(57)64)53-37-32-46(33-38-53)51-36-41-61-59-28-15-17-31-63(59)67(49-20-6-2-7-21-49)68(65(61)44-51)50-22-8-3-9-23-50/h1-45H. The van der Waals surface area contributed by atoms with E-state index in [0.29, 0.717) is 0 Å². The first-order valence-electron chi connectivity index (χ1n) is 23.8. The highest BCUT2D eigenvalue weighted by Gasteiger charge is 2.21. The van der Waals surface area contributed by atoms with Gasteiger partial charge in [0.2, 0.25) is 0 Å². The Labute approximate surface area is 402 Å². The fourth-order valence-electron chi connectivity index (χ4n) is 10.8. The van der Waals surface area contributed by atoms with Gasteiger partial charge in [-0.1, -0.05) is 231 Å². The van der Waals surface area contributed by atoms with Gasteiger partial charge in [-0.3, -0.25) is 0 Å². The second-order valence-corrected chi connectivity index (χ2v) is 18.0. The summed E-state index contributed by atoms with van der Waals surface area (Å²) < 4.78 is 0. The van der Waals surface area contributed by atoms with E-state index >= 15 is 0 Å². The van der Waals surface area contributed by atoms with E-state index in [-0.39, 0.29) is 0 Å². The summed E-state index contributed by atoms with van der Waals surface area (Å²) in [5.74, 6) is 0. The van der Waals surface area contributed by atoms with E-state index in [4.69, 9.17) is 0 Å². The summed E-state index contributed by atoms with van der Waals surface area (Å²) in [4.78, 5) is 2.43. The van der Waals surface area contributed by atoms with E-state index < -0.39 is 0 Å². The Morgan fingerprint density at radius 1 is 0.203 bits per heavy atom. The van der Waals surface area contributed by atoms with Crippen molar-refractivity contribution in [1.82, 2.24) is 0 Å². The lowest BCUT2D eigenvalue weighted by Gasteiger charge is -2.28. The minimum atomic E-state index is 1.09. The van der Waals surface area contributed by atoms with Gasteiger partial charge in [0.05, 0.1) is 5.69 Å². The average molecular weight is 876 g/mol. The molecule has 0 aromatic heterocycles. The smallest absolute Gasteiger partial charge is 0.0540 e. The summed E-state index contributed by atoms with van der Waals surface area (Å²) in [6, 6.07) is 100.0. The lowest BCUT2D eigenvalue weighted by molar-refractivity contribution is 1.30. The highest BCUT2D eigenvalue weighted by Crippen LogP contribution is 2.47. The van der Waals surface area contributed by atoms with Crippen LogP contribution in [0.25, 0.3) is 109 Å². The largest absolute Gasteiger partial charge is 0.310 e. The van der Waals surface area contributed by atoms with E-state index in [2.05, 4.69) is 278 Å². The molecule has 0 unspecified atom stereocenters. The van der Waals surface area contributed by atoms with E-state index in [1.807, 2.05) is 0 Å². The second kappa shape index (κ2) is 17.0. The van der Waals surface area contributed by atoms with Gasteiger partial charge in [0.25, 0.3) is 0 Å². The van der Waals surface area contributed by atoms with Gasteiger partial charge in [0, 0.05) is 16.8 Å². The van der Waals surface area contributed by atoms with Crippen molar-refractivity contribution in [3.63, 3.8) is 0 Å². The number of hydrogen-bond acceptors (Lipinski definition) is 1. The molecule has 0 radical (unpaired) electrons. The summed E-state index contributed by atoms with van der Waals surface area (Å²) in [7, 11) is 0. The number of benzene rings is 13. The Morgan fingerprint density at radius 3 is 1.25 bits per heavy atom. The topological polar surface area (TPSA) is 3.24 Å². The third-order valence-corrected chi connectivity index (χ3v) is 14.0. The van der Waals surface area contributed by atoms with Crippen molar-refractivity contribution >= 4 is 70.9 Å². The molecule has 69 heavy (non-hydrogen) atoms. The molecule has 0 heterocycles. The van der Waals surface area contributed by atoms with E-state index in [1.54, 1.807) is 0 Å². The molecule has 1 heteroatoms. The van der Waals surface area contributed by atoms with Crippen LogP contribution in [0.1, 0.15) is 0 Å². The van der Waals surface area contributed by atoms with Crippen LogP contribution in [0.2, 0.25) is 0 Å². The monoisotopic (exact) mass is 875 g/mol. The maximum absolute atomic E-state index is 2.43. The predicted molar refractivity (Wildman–Crippen MR) is 296 cm³/mol. The quantitative estimate of drug-likeness (QED) is 0.138. The van der Waals surface area contributed by atoms with Crippen molar-refractivity contribution < 1.29 is 0 Å². The number of nitrogens with zero attached hydrogens (tertiary/aromatic N) is 1. The van der Waals surface area contributed by atoms with Crippen LogP contribution in [0, 0.1) is 0 Å². The minimum absolute atomic E-state index is 1.09. The Kier molecular flexibility index (Phi) is 9.91. The van der Waals surface area contributed by atoms with Gasteiger partial charge in [-0.25, -0.2) is 0 Å². The molecule has 0 bridgehead atoms. The van der Waals surface area contributed by atoms with Gasteiger partial charge in [-0.05, 0) is 147 Å². The van der Waals surface area contributed by atoms with Gasteiger partial charge in [-0.2, -0.15) is 0 Å². The van der Waals surface area contributed by atoms with Gasteiger partial charge in [-0.15, -0.1) is 0 Å². The van der Waals surface area contributed by atoms with Crippen LogP contribution in [0.5, 0.6) is 0 Å². The molecule has 0 aliphatic heterocycles. The van der Waals surface area contributed by atoms with E-state index in [9.17, 15) is 0 Å². The average Bonchev–Trinajstić information content (AvgIpc) is 3.43. The van der Waals surface area contributed by atoms with Crippen LogP contribution >= 0.6 is 0 Å². The van der Waals surface area contributed by atoms with Crippen molar-refractivity contribution in [3.05, 3.63) is 273 Å². The van der Waals surface area contributed by atoms with Crippen LogP contribution in [-0.4, -0.2) is 0 Å². The lowest BCUT2D eigenvalue weighted by atomic mass is 9.84. The fourth-order valence-corrected chi connectivity index (χ4v) is 10.8. The minimum Gasteiger partial charge on any atom is -0.310 e. The number of anilines is 3. The first kappa shape index (κ1) is 40.3. The van der Waals surface area contributed by atoms with Gasteiger partial charge in [0.1, 0.15) is 0 Å². The van der Waals surface area contributed by atoms with Gasteiger partial charge in [0.15, 0.2) is 0 Å². The predicted octanol–water partition coefficient (Wildman–Crippen LogP) is 19.3. The second-order valence-electron chi connectivity index (χ2n) is 18.0. The molecule has 0 spiro atoms. The molecule has 0 saturated heterocycles. The zero-order valence-corrected chi connectivity index (χ0v) is 37.9. The normalized spacial score (nSPS) is 11.5. The molecule has 322 valence electrons. The maximum Gasteiger partial charge on any atom is 0.0540 e. The van der Waals surface area contributed by atoms with E-state index in [0.717, 1.165) is 22.6 Å².